The molecular weight excluding hydrogens is 620 g/mol. The molecule has 2 aliphatic heterocycles. The molecule has 3 N–H and O–H groups in total. The van der Waals surface area contributed by atoms with E-state index < -0.39 is 29.9 Å². The van der Waals surface area contributed by atoms with E-state index in [0.717, 1.165) is 24.2 Å². The molecule has 2 aromatic rings. The van der Waals surface area contributed by atoms with Crippen molar-refractivity contribution in [2.24, 2.45) is 0 Å². The summed E-state index contributed by atoms with van der Waals surface area (Å²) in [5.74, 6) is -4.81. The van der Waals surface area contributed by atoms with Gasteiger partial charge in [0.25, 0.3) is 5.91 Å². The fourth-order valence-electron chi connectivity index (χ4n) is 4.26. The standard InChI is InChI=1S/C23H27N5O3.2C2HF3O2/c1-16-9-19(10-17(2)27-16)22(29)28-7-8-30-15-23(14-28)6-5-20(31-23)13-26-21-4-3-18(11-24)12-25-21;2*3-2(4,5)1(6)7/h3-4,9-10,12,20H,5-8,13-15H2,1-2H3,(H,25,26);2*(H,6,7)/t20-,23-;;/m0../s1. The van der Waals surface area contributed by atoms with Gasteiger partial charge in [-0.05, 0) is 51.0 Å². The molecule has 0 radical (unpaired) electrons. The number of alkyl halides is 6. The summed E-state index contributed by atoms with van der Waals surface area (Å²) in [4.78, 5) is 41.4. The van der Waals surface area contributed by atoms with Crippen LogP contribution in [0.15, 0.2) is 30.5 Å². The lowest BCUT2D eigenvalue weighted by Crippen LogP contribution is -2.47. The molecule has 0 bridgehead atoms. The second-order valence-electron chi connectivity index (χ2n) is 9.91. The molecule has 2 aromatic heterocycles. The number of carboxylic acids is 2. The molecule has 2 saturated heterocycles. The predicted octanol–water partition coefficient (Wildman–Crippen LogP) is 3.73. The third-order valence-electron chi connectivity index (χ3n) is 6.19. The van der Waals surface area contributed by atoms with Crippen LogP contribution in [0.4, 0.5) is 32.2 Å². The molecule has 1 spiro atoms. The van der Waals surface area contributed by atoms with Crippen LogP contribution in [0, 0.1) is 25.2 Å². The Bertz CT molecular complexity index is 1340. The number of carbonyl (C=O) groups is 3. The Balaban J connectivity index is 0.000000421. The second-order valence-corrected chi connectivity index (χ2v) is 9.91. The Morgan fingerprint density at radius 3 is 2.16 bits per heavy atom. The summed E-state index contributed by atoms with van der Waals surface area (Å²) in [7, 11) is 0. The molecule has 4 rings (SSSR count). The number of rotatable bonds is 4. The smallest absolute Gasteiger partial charge is 0.475 e. The lowest BCUT2D eigenvalue weighted by Gasteiger charge is -2.32. The van der Waals surface area contributed by atoms with Crippen LogP contribution in [-0.2, 0) is 19.1 Å². The van der Waals surface area contributed by atoms with E-state index >= 15 is 0 Å². The quantitative estimate of drug-likeness (QED) is 0.412. The van der Waals surface area contributed by atoms with Gasteiger partial charge in [-0.25, -0.2) is 14.6 Å². The minimum atomic E-state index is -5.08. The molecule has 2 fully saturated rings. The lowest BCUT2D eigenvalue weighted by atomic mass is 9.99. The number of halogens is 6. The number of carboxylic acid groups (broad SMARTS) is 2. The van der Waals surface area contributed by atoms with Gasteiger partial charge in [-0.2, -0.15) is 31.6 Å². The first-order chi connectivity index (χ1) is 20.8. The van der Waals surface area contributed by atoms with Crippen LogP contribution in [0.25, 0.3) is 0 Å². The minimum absolute atomic E-state index is 0.00140. The zero-order valence-corrected chi connectivity index (χ0v) is 23.9. The summed E-state index contributed by atoms with van der Waals surface area (Å²) >= 11 is 0. The van der Waals surface area contributed by atoms with E-state index in [9.17, 15) is 31.1 Å². The number of nitrogens with one attached hydrogen (secondary N) is 1. The molecule has 0 unspecified atom stereocenters. The highest BCUT2D eigenvalue weighted by atomic mass is 19.4. The molecule has 18 heteroatoms. The largest absolute Gasteiger partial charge is 0.490 e. The second kappa shape index (κ2) is 15.5. The Morgan fingerprint density at radius 1 is 1.09 bits per heavy atom. The van der Waals surface area contributed by atoms with Gasteiger partial charge in [0.15, 0.2) is 0 Å². The summed E-state index contributed by atoms with van der Waals surface area (Å²) in [6.45, 7) is 6.45. The van der Waals surface area contributed by atoms with Crippen LogP contribution >= 0.6 is 0 Å². The van der Waals surface area contributed by atoms with Crippen molar-refractivity contribution in [1.82, 2.24) is 14.9 Å². The molecule has 1 amide bonds. The number of anilines is 1. The van der Waals surface area contributed by atoms with Gasteiger partial charge >= 0.3 is 24.3 Å². The first-order valence-electron chi connectivity index (χ1n) is 13.1. The van der Waals surface area contributed by atoms with Crippen LogP contribution in [0.2, 0.25) is 0 Å². The number of nitrogens with zero attached hydrogens (tertiary/aromatic N) is 4. The zero-order valence-electron chi connectivity index (χ0n) is 23.9. The molecule has 0 aliphatic carbocycles. The molecule has 4 heterocycles. The molecule has 2 atom stereocenters. The van der Waals surface area contributed by atoms with Crippen molar-refractivity contribution in [2.75, 3.05) is 38.2 Å². The van der Waals surface area contributed by atoms with Crippen LogP contribution in [0.3, 0.4) is 0 Å². The maximum Gasteiger partial charge on any atom is 0.490 e. The van der Waals surface area contributed by atoms with Crippen LogP contribution in [0.1, 0.15) is 40.2 Å². The number of aliphatic carboxylic acids is 2. The van der Waals surface area contributed by atoms with Gasteiger partial charge < -0.3 is 29.9 Å². The number of hydrogen-bond donors (Lipinski definition) is 3. The number of ether oxygens (including phenoxy) is 2. The first-order valence-corrected chi connectivity index (χ1v) is 13.1. The fraction of sp³-hybridized carbons (Fsp3) is 0.481. The molecular formula is C27H29F6N5O7. The Morgan fingerprint density at radius 2 is 1.67 bits per heavy atom. The first kappa shape index (κ1) is 36.7. The van der Waals surface area contributed by atoms with Gasteiger partial charge in [-0.3, -0.25) is 9.78 Å². The molecule has 0 aromatic carbocycles. The van der Waals surface area contributed by atoms with E-state index in [0.29, 0.717) is 49.8 Å². The third-order valence-corrected chi connectivity index (χ3v) is 6.19. The summed E-state index contributed by atoms with van der Waals surface area (Å²) in [5.41, 5.74) is 2.37. The van der Waals surface area contributed by atoms with Crippen molar-refractivity contribution in [1.29, 1.82) is 5.26 Å². The predicted molar refractivity (Wildman–Crippen MR) is 142 cm³/mol. The fourth-order valence-corrected chi connectivity index (χ4v) is 4.26. The van der Waals surface area contributed by atoms with Crippen molar-refractivity contribution < 1.29 is 60.4 Å². The zero-order chi connectivity index (χ0) is 34.0. The number of aryl methyl sites for hydroxylation is 2. The van der Waals surface area contributed by atoms with Gasteiger partial charge in [-0.15, -0.1) is 0 Å². The normalized spacial score (nSPS) is 19.6. The van der Waals surface area contributed by atoms with Gasteiger partial charge in [-0.1, -0.05) is 0 Å². The molecule has 2 aliphatic rings. The van der Waals surface area contributed by atoms with Crippen LogP contribution in [-0.4, -0.2) is 99.8 Å². The lowest BCUT2D eigenvalue weighted by molar-refractivity contribution is -0.193. The number of amides is 1. The number of aromatic nitrogens is 2. The number of nitriles is 1. The van der Waals surface area contributed by atoms with E-state index in [1.807, 2.05) is 30.9 Å². The van der Waals surface area contributed by atoms with Gasteiger partial charge in [0.05, 0.1) is 31.4 Å². The van der Waals surface area contributed by atoms with Crippen molar-refractivity contribution >= 4 is 23.7 Å². The van der Waals surface area contributed by atoms with Gasteiger partial charge in [0.2, 0.25) is 0 Å². The Kier molecular flexibility index (Phi) is 12.6. The summed E-state index contributed by atoms with van der Waals surface area (Å²) in [6.07, 6.45) is -6.91. The number of pyridine rings is 2. The SMILES string of the molecule is Cc1cc(C(=O)N2CCOC[C@]3(CC[C@@H](CNc4ccc(C#N)cn4)O3)C2)cc(C)n1.O=C(O)C(F)(F)F.O=C(O)C(F)(F)F. The maximum absolute atomic E-state index is 13.2. The summed E-state index contributed by atoms with van der Waals surface area (Å²) < 4.78 is 75.7. The number of hydrogen-bond acceptors (Lipinski definition) is 9. The van der Waals surface area contributed by atoms with Crippen molar-refractivity contribution in [3.8, 4) is 6.07 Å². The van der Waals surface area contributed by atoms with E-state index in [2.05, 4.69) is 21.4 Å². The van der Waals surface area contributed by atoms with Crippen LogP contribution < -0.4 is 5.32 Å². The summed E-state index contributed by atoms with van der Waals surface area (Å²) in [6, 6.07) is 9.25. The highest BCUT2D eigenvalue weighted by Crippen LogP contribution is 2.33. The van der Waals surface area contributed by atoms with Crippen molar-refractivity contribution in [3.05, 3.63) is 53.0 Å². The van der Waals surface area contributed by atoms with Crippen molar-refractivity contribution in [2.45, 2.75) is 50.7 Å². The van der Waals surface area contributed by atoms with Crippen molar-refractivity contribution in [3.63, 3.8) is 0 Å². The highest BCUT2D eigenvalue weighted by molar-refractivity contribution is 5.94. The van der Waals surface area contributed by atoms with Crippen LogP contribution in [0.5, 0.6) is 0 Å². The Hall–Kier alpha value is -4.50. The van der Waals surface area contributed by atoms with E-state index in [4.69, 9.17) is 34.5 Å². The number of carbonyl (C=O) groups excluding carboxylic acids is 1. The van der Waals surface area contributed by atoms with Gasteiger partial charge in [0, 0.05) is 36.2 Å². The molecule has 45 heavy (non-hydrogen) atoms. The average molecular weight is 650 g/mol. The molecule has 12 nitrogen and oxygen atoms in total. The Labute approximate surface area is 252 Å². The van der Waals surface area contributed by atoms with E-state index in [-0.39, 0.29) is 12.0 Å². The average Bonchev–Trinajstić information content (AvgIpc) is 3.22. The van der Waals surface area contributed by atoms with Gasteiger partial charge in [0.1, 0.15) is 17.5 Å². The third kappa shape index (κ3) is 11.8. The van der Waals surface area contributed by atoms with E-state index in [1.165, 1.54) is 0 Å². The topological polar surface area (TPSA) is 175 Å². The molecule has 0 saturated carbocycles. The molecule has 246 valence electrons. The highest BCUT2D eigenvalue weighted by Gasteiger charge is 2.44. The summed E-state index contributed by atoms with van der Waals surface area (Å²) in [5, 5.41) is 26.4. The monoisotopic (exact) mass is 649 g/mol. The maximum atomic E-state index is 13.2. The van der Waals surface area contributed by atoms with E-state index in [1.54, 1.807) is 18.3 Å². The minimum Gasteiger partial charge on any atom is -0.475 e.